The van der Waals surface area contributed by atoms with Gasteiger partial charge in [-0.15, -0.1) is 0 Å². The number of ether oxygens (including phenoxy) is 2. The molecule has 0 aromatic heterocycles. The molecule has 2 nitrogen and oxygen atoms in total. The topological polar surface area (TPSA) is 18.5 Å². The smallest absolute Gasteiger partial charge is 0.162 e. The Bertz CT molecular complexity index is 664. The molecule has 2 aromatic carbocycles. The molecule has 1 unspecified atom stereocenters. The SMILES string of the molecule is COc1cc(Cl)c(C(Br)c2ccc(F)cc2Br)cc1OC. The highest BCUT2D eigenvalue weighted by Crippen LogP contribution is 2.43. The largest absolute Gasteiger partial charge is 0.493 e. The molecule has 0 amide bonds. The van der Waals surface area contributed by atoms with Gasteiger partial charge in [0.15, 0.2) is 11.5 Å². The third-order valence-corrected chi connectivity index (χ3v) is 5.01. The maximum atomic E-state index is 13.2. The zero-order valence-electron chi connectivity index (χ0n) is 11.3. The molecule has 0 heterocycles. The second-order valence-corrected chi connectivity index (χ2v) is 6.43. The number of alkyl halides is 1. The summed E-state index contributed by atoms with van der Waals surface area (Å²) in [5.74, 6) is 0.840. The average Bonchev–Trinajstić information content (AvgIpc) is 2.46. The Morgan fingerprint density at radius 1 is 1.05 bits per heavy atom. The van der Waals surface area contributed by atoms with Gasteiger partial charge in [0.05, 0.1) is 19.0 Å². The highest BCUT2D eigenvalue weighted by atomic mass is 79.9. The van der Waals surface area contributed by atoms with E-state index < -0.39 is 0 Å². The zero-order chi connectivity index (χ0) is 15.6. The summed E-state index contributed by atoms with van der Waals surface area (Å²) in [6, 6.07) is 8.02. The first-order valence-corrected chi connectivity index (χ1v) is 8.07. The lowest BCUT2D eigenvalue weighted by Gasteiger charge is -2.17. The van der Waals surface area contributed by atoms with Gasteiger partial charge in [-0.05, 0) is 29.3 Å². The van der Waals surface area contributed by atoms with Crippen molar-refractivity contribution in [2.24, 2.45) is 0 Å². The van der Waals surface area contributed by atoms with Gasteiger partial charge in [-0.1, -0.05) is 49.5 Å². The maximum absolute atomic E-state index is 13.2. The summed E-state index contributed by atoms with van der Waals surface area (Å²) in [5, 5.41) is 0.533. The first-order chi connectivity index (χ1) is 9.97. The van der Waals surface area contributed by atoms with Crippen LogP contribution in [0.15, 0.2) is 34.8 Å². The fourth-order valence-corrected chi connectivity index (χ4v) is 4.00. The van der Waals surface area contributed by atoms with Crippen molar-refractivity contribution < 1.29 is 13.9 Å². The number of halogens is 4. The van der Waals surface area contributed by atoms with E-state index in [9.17, 15) is 4.39 Å². The molecule has 0 saturated heterocycles. The van der Waals surface area contributed by atoms with Gasteiger partial charge in [-0.25, -0.2) is 4.39 Å². The van der Waals surface area contributed by atoms with Crippen molar-refractivity contribution in [3.63, 3.8) is 0 Å². The predicted molar refractivity (Wildman–Crippen MR) is 89.4 cm³/mol. The van der Waals surface area contributed by atoms with Gasteiger partial charge in [0.2, 0.25) is 0 Å². The van der Waals surface area contributed by atoms with E-state index in [0.717, 1.165) is 11.1 Å². The summed E-state index contributed by atoms with van der Waals surface area (Å²) in [7, 11) is 3.11. The number of hydrogen-bond donors (Lipinski definition) is 0. The van der Waals surface area contributed by atoms with Crippen LogP contribution in [0.2, 0.25) is 5.02 Å². The van der Waals surface area contributed by atoms with E-state index in [1.807, 2.05) is 0 Å². The van der Waals surface area contributed by atoms with Gasteiger partial charge in [-0.3, -0.25) is 0 Å². The molecule has 0 bridgehead atoms. The van der Waals surface area contributed by atoms with Crippen LogP contribution >= 0.6 is 43.5 Å². The Balaban J connectivity index is 2.50. The maximum Gasteiger partial charge on any atom is 0.162 e. The summed E-state index contributed by atoms with van der Waals surface area (Å²) >= 11 is 13.3. The molecule has 0 aliphatic heterocycles. The van der Waals surface area contributed by atoms with Crippen molar-refractivity contribution in [1.82, 2.24) is 0 Å². The Hall–Kier alpha value is -0.780. The number of hydrogen-bond acceptors (Lipinski definition) is 2. The molecule has 21 heavy (non-hydrogen) atoms. The van der Waals surface area contributed by atoms with Crippen molar-refractivity contribution in [3.05, 3.63) is 56.8 Å². The highest BCUT2D eigenvalue weighted by Gasteiger charge is 2.20. The Kier molecular flexibility index (Phi) is 5.52. The molecule has 0 saturated carbocycles. The van der Waals surface area contributed by atoms with E-state index in [2.05, 4.69) is 31.9 Å². The van der Waals surface area contributed by atoms with E-state index in [1.54, 1.807) is 32.4 Å². The fraction of sp³-hybridized carbons (Fsp3) is 0.200. The van der Waals surface area contributed by atoms with Crippen LogP contribution in [0.3, 0.4) is 0 Å². The molecule has 112 valence electrons. The standard InChI is InChI=1S/C15H12Br2ClFO2/c1-20-13-6-10(12(18)7-14(13)21-2)15(17)9-4-3-8(19)5-11(9)16/h3-7,15H,1-2H3. The Morgan fingerprint density at radius 2 is 1.67 bits per heavy atom. The molecule has 0 radical (unpaired) electrons. The summed E-state index contributed by atoms with van der Waals surface area (Å²) in [6.45, 7) is 0. The quantitative estimate of drug-likeness (QED) is 0.567. The van der Waals surface area contributed by atoms with Crippen molar-refractivity contribution in [2.45, 2.75) is 4.83 Å². The second kappa shape index (κ2) is 6.99. The summed E-state index contributed by atoms with van der Waals surface area (Å²) in [6.07, 6.45) is 0. The lowest BCUT2D eigenvalue weighted by molar-refractivity contribution is 0.354. The number of methoxy groups -OCH3 is 2. The minimum absolute atomic E-state index is 0.209. The fourth-order valence-electron chi connectivity index (χ4n) is 1.94. The van der Waals surface area contributed by atoms with E-state index >= 15 is 0 Å². The number of benzene rings is 2. The van der Waals surface area contributed by atoms with Gasteiger partial charge >= 0.3 is 0 Å². The molecule has 0 N–H and O–H groups in total. The van der Waals surface area contributed by atoms with E-state index in [0.29, 0.717) is 21.0 Å². The first kappa shape index (κ1) is 16.6. The van der Waals surface area contributed by atoms with Crippen molar-refractivity contribution in [1.29, 1.82) is 0 Å². The molecular formula is C15H12Br2ClFO2. The van der Waals surface area contributed by atoms with Gasteiger partial charge in [0.1, 0.15) is 5.82 Å². The molecule has 0 spiro atoms. The van der Waals surface area contributed by atoms with Crippen LogP contribution in [0.4, 0.5) is 4.39 Å². The zero-order valence-corrected chi connectivity index (χ0v) is 15.2. The predicted octanol–water partition coefficient (Wildman–Crippen LogP) is 5.74. The van der Waals surface area contributed by atoms with E-state index in [4.69, 9.17) is 21.1 Å². The highest BCUT2D eigenvalue weighted by molar-refractivity contribution is 9.11. The van der Waals surface area contributed by atoms with Crippen LogP contribution in [-0.4, -0.2) is 14.2 Å². The van der Waals surface area contributed by atoms with Crippen molar-refractivity contribution in [2.75, 3.05) is 14.2 Å². The van der Waals surface area contributed by atoms with Gasteiger partial charge in [0.25, 0.3) is 0 Å². The summed E-state index contributed by atoms with van der Waals surface area (Å²) < 4.78 is 24.4. The molecule has 2 rings (SSSR count). The van der Waals surface area contributed by atoms with Crippen LogP contribution < -0.4 is 9.47 Å². The minimum Gasteiger partial charge on any atom is -0.493 e. The van der Waals surface area contributed by atoms with E-state index in [-0.39, 0.29) is 10.6 Å². The van der Waals surface area contributed by atoms with Gasteiger partial charge < -0.3 is 9.47 Å². The first-order valence-electron chi connectivity index (χ1n) is 5.98. The molecule has 6 heteroatoms. The van der Waals surface area contributed by atoms with Gasteiger partial charge in [0, 0.05) is 15.6 Å². The second-order valence-electron chi connectivity index (χ2n) is 4.26. The summed E-state index contributed by atoms with van der Waals surface area (Å²) in [4.78, 5) is -0.209. The minimum atomic E-state index is -0.302. The molecule has 0 fully saturated rings. The third kappa shape index (κ3) is 3.52. The van der Waals surface area contributed by atoms with Crippen LogP contribution in [0, 0.1) is 5.82 Å². The third-order valence-electron chi connectivity index (χ3n) is 3.01. The molecule has 0 aliphatic rings. The van der Waals surface area contributed by atoms with Crippen LogP contribution in [0.25, 0.3) is 0 Å². The molecule has 1 atom stereocenters. The normalized spacial score (nSPS) is 12.1. The molecular weight excluding hydrogens is 426 g/mol. The molecule has 2 aromatic rings. The molecule has 0 aliphatic carbocycles. The Morgan fingerprint density at radius 3 is 2.24 bits per heavy atom. The lowest BCUT2D eigenvalue weighted by Crippen LogP contribution is -1.99. The van der Waals surface area contributed by atoms with Crippen LogP contribution in [-0.2, 0) is 0 Å². The summed E-state index contributed by atoms with van der Waals surface area (Å²) in [5.41, 5.74) is 1.67. The van der Waals surface area contributed by atoms with Crippen molar-refractivity contribution >= 4 is 43.5 Å². The van der Waals surface area contributed by atoms with Crippen molar-refractivity contribution in [3.8, 4) is 11.5 Å². The van der Waals surface area contributed by atoms with E-state index in [1.165, 1.54) is 12.1 Å². The van der Waals surface area contributed by atoms with Gasteiger partial charge in [-0.2, -0.15) is 0 Å². The number of rotatable bonds is 4. The monoisotopic (exact) mass is 436 g/mol. The lowest BCUT2D eigenvalue weighted by atomic mass is 10.0. The van der Waals surface area contributed by atoms with Crippen LogP contribution in [0.1, 0.15) is 16.0 Å². The Labute approximate surface area is 144 Å². The van der Waals surface area contributed by atoms with Crippen LogP contribution in [0.5, 0.6) is 11.5 Å². The average molecular weight is 439 g/mol.